The van der Waals surface area contributed by atoms with Gasteiger partial charge in [0.15, 0.2) is 0 Å². The Balaban J connectivity index is 0.00000484. The molecule has 1 amide bonds. The molecule has 0 aliphatic carbocycles. The van der Waals surface area contributed by atoms with Crippen molar-refractivity contribution in [2.24, 2.45) is 11.1 Å². The third-order valence-corrected chi connectivity index (χ3v) is 4.96. The van der Waals surface area contributed by atoms with Gasteiger partial charge in [0.05, 0.1) is 10.6 Å². The van der Waals surface area contributed by atoms with Crippen molar-refractivity contribution in [3.8, 4) is 0 Å². The standard InChI is InChI=1S/C14H22FN3O3S.ClH/c1-10(19)17-13-7-11(5-6-12(13)15)22(20,21)18(4)9-14(2,3)8-16;/h5-7H,8-9,16H2,1-4H3,(H,17,19);1H. The van der Waals surface area contributed by atoms with Crippen molar-refractivity contribution in [2.75, 3.05) is 25.5 Å². The van der Waals surface area contributed by atoms with Crippen LogP contribution in [0.4, 0.5) is 10.1 Å². The number of benzene rings is 1. The smallest absolute Gasteiger partial charge is 0.242 e. The molecule has 0 unspecified atom stereocenters. The zero-order chi connectivity index (χ0) is 17.1. The van der Waals surface area contributed by atoms with Crippen LogP contribution in [0.2, 0.25) is 0 Å². The number of hydrogen-bond donors (Lipinski definition) is 2. The minimum absolute atomic E-state index is 0. The predicted octanol–water partition coefficient (Wildman–Crippen LogP) is 1.81. The Kier molecular flexibility index (Phi) is 7.62. The van der Waals surface area contributed by atoms with Gasteiger partial charge in [-0.1, -0.05) is 13.8 Å². The largest absolute Gasteiger partial charge is 0.330 e. The maximum absolute atomic E-state index is 13.6. The van der Waals surface area contributed by atoms with E-state index in [1.807, 2.05) is 13.8 Å². The molecule has 0 aliphatic rings. The van der Waals surface area contributed by atoms with E-state index in [-0.39, 0.29) is 34.9 Å². The van der Waals surface area contributed by atoms with Crippen LogP contribution in [0.1, 0.15) is 20.8 Å². The zero-order valence-electron chi connectivity index (χ0n) is 13.6. The minimum atomic E-state index is -3.80. The molecule has 0 saturated carbocycles. The minimum Gasteiger partial charge on any atom is -0.330 e. The number of sulfonamides is 1. The maximum atomic E-state index is 13.6. The van der Waals surface area contributed by atoms with Gasteiger partial charge in [0, 0.05) is 20.5 Å². The lowest BCUT2D eigenvalue weighted by atomic mass is 9.94. The molecular weight excluding hydrogens is 345 g/mol. The average molecular weight is 368 g/mol. The Morgan fingerprint density at radius 1 is 1.39 bits per heavy atom. The van der Waals surface area contributed by atoms with Gasteiger partial charge in [0.25, 0.3) is 0 Å². The zero-order valence-corrected chi connectivity index (χ0v) is 15.2. The summed E-state index contributed by atoms with van der Waals surface area (Å²) >= 11 is 0. The number of nitrogens with one attached hydrogen (secondary N) is 1. The second kappa shape index (κ2) is 8.05. The lowest BCUT2D eigenvalue weighted by molar-refractivity contribution is -0.114. The molecule has 0 bridgehead atoms. The maximum Gasteiger partial charge on any atom is 0.242 e. The Hall–Kier alpha value is -1.22. The van der Waals surface area contributed by atoms with Crippen LogP contribution in [0.5, 0.6) is 0 Å². The third kappa shape index (κ3) is 5.72. The average Bonchev–Trinajstić information content (AvgIpc) is 2.40. The van der Waals surface area contributed by atoms with Gasteiger partial charge in [-0.15, -0.1) is 12.4 Å². The summed E-state index contributed by atoms with van der Waals surface area (Å²) in [6.45, 7) is 5.47. The molecule has 1 rings (SSSR count). The van der Waals surface area contributed by atoms with E-state index in [4.69, 9.17) is 5.73 Å². The van der Waals surface area contributed by atoms with Gasteiger partial charge in [-0.25, -0.2) is 17.1 Å². The van der Waals surface area contributed by atoms with E-state index in [0.717, 1.165) is 12.1 Å². The number of nitrogens with two attached hydrogens (primary N) is 1. The first kappa shape index (κ1) is 21.8. The molecule has 9 heteroatoms. The van der Waals surface area contributed by atoms with E-state index in [2.05, 4.69) is 5.32 Å². The highest BCUT2D eigenvalue weighted by atomic mass is 35.5. The van der Waals surface area contributed by atoms with Crippen molar-refractivity contribution >= 4 is 34.0 Å². The predicted molar refractivity (Wildman–Crippen MR) is 90.6 cm³/mol. The molecule has 132 valence electrons. The molecule has 0 spiro atoms. The molecule has 23 heavy (non-hydrogen) atoms. The molecule has 0 aliphatic heterocycles. The van der Waals surface area contributed by atoms with Crippen LogP contribution in [0.25, 0.3) is 0 Å². The lowest BCUT2D eigenvalue weighted by Crippen LogP contribution is -2.39. The molecule has 0 fully saturated rings. The molecule has 0 radical (unpaired) electrons. The normalized spacial score (nSPS) is 12.0. The van der Waals surface area contributed by atoms with Crippen molar-refractivity contribution in [2.45, 2.75) is 25.7 Å². The van der Waals surface area contributed by atoms with Crippen molar-refractivity contribution in [1.82, 2.24) is 4.31 Å². The Morgan fingerprint density at radius 3 is 2.43 bits per heavy atom. The summed E-state index contributed by atoms with van der Waals surface area (Å²) in [5.74, 6) is -1.18. The van der Waals surface area contributed by atoms with Crippen molar-refractivity contribution in [1.29, 1.82) is 0 Å². The first-order valence-electron chi connectivity index (χ1n) is 6.73. The van der Waals surface area contributed by atoms with Gasteiger partial charge in [0.1, 0.15) is 5.82 Å². The monoisotopic (exact) mass is 367 g/mol. The highest BCUT2D eigenvalue weighted by Crippen LogP contribution is 2.24. The van der Waals surface area contributed by atoms with E-state index < -0.39 is 21.7 Å². The van der Waals surface area contributed by atoms with Crippen LogP contribution in [0.3, 0.4) is 0 Å². The fourth-order valence-corrected chi connectivity index (χ4v) is 3.27. The van der Waals surface area contributed by atoms with E-state index in [1.54, 1.807) is 0 Å². The number of amides is 1. The summed E-state index contributed by atoms with van der Waals surface area (Å²) in [7, 11) is -2.36. The highest BCUT2D eigenvalue weighted by Gasteiger charge is 2.27. The van der Waals surface area contributed by atoms with Gasteiger partial charge >= 0.3 is 0 Å². The number of hydrogen-bond acceptors (Lipinski definition) is 4. The van der Waals surface area contributed by atoms with E-state index in [1.165, 1.54) is 24.3 Å². The molecule has 0 heterocycles. The topological polar surface area (TPSA) is 92.5 Å². The Bertz CT molecular complexity index is 665. The molecule has 0 saturated heterocycles. The molecule has 1 aromatic carbocycles. The van der Waals surface area contributed by atoms with Crippen LogP contribution in [-0.2, 0) is 14.8 Å². The number of carbonyl (C=O) groups excluding carboxylic acids is 1. The second-order valence-corrected chi connectivity index (χ2v) is 8.00. The molecular formula is C14H23ClFN3O3S. The quantitative estimate of drug-likeness (QED) is 0.802. The van der Waals surface area contributed by atoms with Gasteiger partial charge < -0.3 is 11.1 Å². The fourth-order valence-electron chi connectivity index (χ4n) is 1.88. The van der Waals surface area contributed by atoms with Gasteiger partial charge in [-0.05, 0) is 30.2 Å². The van der Waals surface area contributed by atoms with Gasteiger partial charge in [-0.2, -0.15) is 0 Å². The number of carbonyl (C=O) groups is 1. The van der Waals surface area contributed by atoms with E-state index >= 15 is 0 Å². The van der Waals surface area contributed by atoms with E-state index in [0.29, 0.717) is 6.54 Å². The van der Waals surface area contributed by atoms with Gasteiger partial charge in [-0.3, -0.25) is 4.79 Å². The molecule has 6 nitrogen and oxygen atoms in total. The molecule has 1 aromatic rings. The van der Waals surface area contributed by atoms with Crippen molar-refractivity contribution < 1.29 is 17.6 Å². The van der Waals surface area contributed by atoms with E-state index in [9.17, 15) is 17.6 Å². The molecule has 0 aromatic heterocycles. The van der Waals surface area contributed by atoms with Crippen molar-refractivity contribution in [3.63, 3.8) is 0 Å². The Morgan fingerprint density at radius 2 is 1.96 bits per heavy atom. The summed E-state index contributed by atoms with van der Waals surface area (Å²) in [6.07, 6.45) is 0. The first-order chi connectivity index (χ1) is 9.99. The summed E-state index contributed by atoms with van der Waals surface area (Å²) in [5, 5.41) is 2.27. The summed E-state index contributed by atoms with van der Waals surface area (Å²) in [4.78, 5) is 10.9. The lowest BCUT2D eigenvalue weighted by Gasteiger charge is -2.28. The summed E-state index contributed by atoms with van der Waals surface area (Å²) in [5.41, 5.74) is 5.06. The summed E-state index contributed by atoms with van der Waals surface area (Å²) < 4.78 is 39.8. The highest BCUT2D eigenvalue weighted by molar-refractivity contribution is 7.89. The summed E-state index contributed by atoms with van der Waals surface area (Å²) in [6, 6.07) is 3.29. The van der Waals surface area contributed by atoms with Crippen molar-refractivity contribution in [3.05, 3.63) is 24.0 Å². The molecule has 3 N–H and O–H groups in total. The van der Waals surface area contributed by atoms with Crippen LogP contribution >= 0.6 is 12.4 Å². The first-order valence-corrected chi connectivity index (χ1v) is 8.17. The number of rotatable bonds is 6. The second-order valence-electron chi connectivity index (χ2n) is 5.95. The van der Waals surface area contributed by atoms with Crippen LogP contribution in [0, 0.1) is 11.2 Å². The van der Waals surface area contributed by atoms with Gasteiger partial charge in [0.2, 0.25) is 15.9 Å². The van der Waals surface area contributed by atoms with Crippen LogP contribution in [0.15, 0.2) is 23.1 Å². The number of nitrogens with zero attached hydrogens (tertiary/aromatic N) is 1. The molecule has 0 atom stereocenters. The SMILES string of the molecule is CC(=O)Nc1cc(S(=O)(=O)N(C)CC(C)(C)CN)ccc1F.Cl. The number of anilines is 1. The van der Waals surface area contributed by atoms with Crippen LogP contribution < -0.4 is 11.1 Å². The van der Waals surface area contributed by atoms with Crippen LogP contribution in [-0.4, -0.2) is 38.8 Å². The third-order valence-electron chi connectivity index (χ3n) is 3.16. The number of halogens is 2. The Labute approximate surface area is 142 Å². The fraction of sp³-hybridized carbons (Fsp3) is 0.500.